The molecule has 2 aromatic carbocycles. The summed E-state index contributed by atoms with van der Waals surface area (Å²) in [6, 6.07) is 17.0. The van der Waals surface area contributed by atoms with Gasteiger partial charge in [0.15, 0.2) is 5.82 Å². The lowest BCUT2D eigenvalue weighted by atomic mass is 10.0. The van der Waals surface area contributed by atoms with Gasteiger partial charge in [0, 0.05) is 17.0 Å². The fraction of sp³-hybridized carbons (Fsp3) is 0.333. The molecule has 4 nitrogen and oxygen atoms in total. The Kier molecular flexibility index (Phi) is 6.08. The molecule has 0 amide bonds. The molecule has 0 radical (unpaired) electrons. The maximum atomic E-state index is 6.18. The van der Waals surface area contributed by atoms with Crippen molar-refractivity contribution < 1.29 is 4.74 Å². The largest absolute Gasteiger partial charge is 0.490 e. The second-order valence-electron chi connectivity index (χ2n) is 8.71. The van der Waals surface area contributed by atoms with Crippen LogP contribution >= 0.6 is 0 Å². The molecule has 4 rings (SSSR count). The third kappa shape index (κ3) is 4.63. The minimum atomic E-state index is 0.259. The van der Waals surface area contributed by atoms with Crippen LogP contribution in [0.1, 0.15) is 43.9 Å². The fourth-order valence-electron chi connectivity index (χ4n) is 4.09. The number of ether oxygens (including phenoxy) is 1. The summed E-state index contributed by atoms with van der Waals surface area (Å²) in [6.07, 6.45) is 5.07. The Morgan fingerprint density at radius 2 is 1.68 bits per heavy atom. The molecule has 0 saturated heterocycles. The van der Waals surface area contributed by atoms with Gasteiger partial charge in [-0.05, 0) is 73.1 Å². The van der Waals surface area contributed by atoms with Crippen LogP contribution in [0.25, 0.3) is 21.8 Å². The van der Waals surface area contributed by atoms with Crippen LogP contribution in [0.3, 0.4) is 0 Å². The minimum absolute atomic E-state index is 0.259. The molecule has 0 saturated carbocycles. The van der Waals surface area contributed by atoms with E-state index in [1.807, 2.05) is 6.20 Å². The molecule has 0 fully saturated rings. The van der Waals surface area contributed by atoms with E-state index in [0.717, 1.165) is 46.8 Å². The lowest BCUT2D eigenvalue weighted by Crippen LogP contribution is -2.21. The van der Waals surface area contributed by atoms with Crippen molar-refractivity contribution in [2.24, 2.45) is 5.92 Å². The Morgan fingerprint density at radius 3 is 2.39 bits per heavy atom. The van der Waals surface area contributed by atoms with Gasteiger partial charge in [-0.25, -0.2) is 4.98 Å². The molecule has 1 atom stereocenters. The summed E-state index contributed by atoms with van der Waals surface area (Å²) >= 11 is 0. The van der Waals surface area contributed by atoms with Crippen molar-refractivity contribution in [3.8, 4) is 5.75 Å². The van der Waals surface area contributed by atoms with E-state index in [9.17, 15) is 0 Å². The van der Waals surface area contributed by atoms with Gasteiger partial charge in [-0.3, -0.25) is 4.98 Å². The molecule has 160 valence electrons. The number of nitrogens with zero attached hydrogens (tertiary/aromatic N) is 2. The zero-order valence-electron chi connectivity index (χ0n) is 18.9. The van der Waals surface area contributed by atoms with Crippen molar-refractivity contribution in [3.05, 3.63) is 71.4 Å². The van der Waals surface area contributed by atoms with Crippen LogP contribution < -0.4 is 10.5 Å². The van der Waals surface area contributed by atoms with Crippen LogP contribution in [0.15, 0.2) is 54.7 Å². The van der Waals surface area contributed by atoms with Gasteiger partial charge < -0.3 is 10.5 Å². The molecule has 0 spiro atoms. The molecule has 2 aromatic heterocycles. The average molecular weight is 414 g/mol. The third-order valence-corrected chi connectivity index (χ3v) is 5.93. The molecule has 31 heavy (non-hydrogen) atoms. The van der Waals surface area contributed by atoms with Crippen LogP contribution in [0, 0.1) is 12.8 Å². The molecule has 2 heterocycles. The highest BCUT2D eigenvalue weighted by Crippen LogP contribution is 2.28. The van der Waals surface area contributed by atoms with E-state index in [1.54, 1.807) is 0 Å². The molecule has 0 bridgehead atoms. The van der Waals surface area contributed by atoms with Gasteiger partial charge in [-0.1, -0.05) is 45.0 Å². The van der Waals surface area contributed by atoms with E-state index in [0.29, 0.717) is 11.7 Å². The fourth-order valence-corrected chi connectivity index (χ4v) is 4.09. The molecule has 1 unspecified atom stereocenters. The van der Waals surface area contributed by atoms with Gasteiger partial charge in [0.1, 0.15) is 17.4 Å². The number of hydrogen-bond donors (Lipinski definition) is 1. The predicted molar refractivity (Wildman–Crippen MR) is 130 cm³/mol. The van der Waals surface area contributed by atoms with Gasteiger partial charge >= 0.3 is 0 Å². The molecular formula is C27H31N3O. The predicted octanol–water partition coefficient (Wildman–Crippen LogP) is 6.27. The van der Waals surface area contributed by atoms with Crippen LogP contribution in [-0.4, -0.2) is 16.1 Å². The maximum absolute atomic E-state index is 6.18. The SMILES string of the molecule is CCC(Oc1ccc(CCc2cnc3c(N)nc4cc(C)ccc4c3c2)cc1)C(C)C. The first kappa shape index (κ1) is 21.1. The molecule has 4 aromatic rings. The van der Waals surface area contributed by atoms with Crippen LogP contribution in [0.4, 0.5) is 5.82 Å². The average Bonchev–Trinajstić information content (AvgIpc) is 2.76. The Bertz CT molecular complexity index is 1200. The van der Waals surface area contributed by atoms with Crippen molar-refractivity contribution in [2.45, 2.75) is 53.1 Å². The summed E-state index contributed by atoms with van der Waals surface area (Å²) in [4.78, 5) is 9.17. The zero-order valence-corrected chi connectivity index (χ0v) is 18.9. The summed E-state index contributed by atoms with van der Waals surface area (Å²) in [5.74, 6) is 1.94. The molecule has 2 N–H and O–H groups in total. The third-order valence-electron chi connectivity index (χ3n) is 5.93. The number of anilines is 1. The van der Waals surface area contributed by atoms with Crippen molar-refractivity contribution >= 4 is 27.6 Å². The Hall–Kier alpha value is -3.14. The van der Waals surface area contributed by atoms with Gasteiger partial charge in [-0.15, -0.1) is 0 Å². The van der Waals surface area contributed by atoms with E-state index in [-0.39, 0.29) is 6.10 Å². The number of aromatic nitrogens is 2. The second kappa shape index (κ2) is 8.93. The van der Waals surface area contributed by atoms with Crippen molar-refractivity contribution in [2.75, 3.05) is 5.73 Å². The second-order valence-corrected chi connectivity index (χ2v) is 8.71. The number of rotatable bonds is 7. The summed E-state index contributed by atoms with van der Waals surface area (Å²) in [6.45, 7) is 8.64. The minimum Gasteiger partial charge on any atom is -0.490 e. The Labute approximate surface area is 184 Å². The lowest BCUT2D eigenvalue weighted by Gasteiger charge is -2.21. The van der Waals surface area contributed by atoms with E-state index < -0.39 is 0 Å². The van der Waals surface area contributed by atoms with Crippen molar-refractivity contribution in [1.29, 1.82) is 0 Å². The Morgan fingerprint density at radius 1 is 0.935 bits per heavy atom. The van der Waals surface area contributed by atoms with Gasteiger partial charge in [-0.2, -0.15) is 0 Å². The van der Waals surface area contributed by atoms with Crippen molar-refractivity contribution in [3.63, 3.8) is 0 Å². The normalized spacial score (nSPS) is 12.5. The zero-order chi connectivity index (χ0) is 22.0. The molecular weight excluding hydrogens is 382 g/mol. The number of benzene rings is 2. The van der Waals surface area contributed by atoms with Crippen LogP contribution in [0.5, 0.6) is 5.75 Å². The first-order valence-electron chi connectivity index (χ1n) is 11.1. The lowest BCUT2D eigenvalue weighted by molar-refractivity contribution is 0.147. The summed E-state index contributed by atoms with van der Waals surface area (Å²) < 4.78 is 6.12. The number of fused-ring (bicyclic) bond motifs is 3. The molecule has 0 aliphatic carbocycles. The number of pyridine rings is 2. The van der Waals surface area contributed by atoms with E-state index in [2.05, 4.69) is 86.2 Å². The standard InChI is InChI=1S/C27H31N3O/c1-5-25(17(2)3)31-21-11-9-19(10-12-21)7-8-20-15-23-22-13-6-18(4)14-24(22)30-27(28)26(23)29-16-20/h6,9-17,25H,5,7-8H2,1-4H3,(H2,28,30). The monoisotopic (exact) mass is 413 g/mol. The highest BCUT2D eigenvalue weighted by Gasteiger charge is 2.13. The van der Waals surface area contributed by atoms with E-state index in [1.165, 1.54) is 16.7 Å². The summed E-state index contributed by atoms with van der Waals surface area (Å²) in [5.41, 5.74) is 11.5. The van der Waals surface area contributed by atoms with Gasteiger partial charge in [0.25, 0.3) is 0 Å². The number of hydrogen-bond acceptors (Lipinski definition) is 4. The highest BCUT2D eigenvalue weighted by molar-refractivity contribution is 6.08. The molecule has 0 aliphatic rings. The first-order chi connectivity index (χ1) is 14.9. The van der Waals surface area contributed by atoms with E-state index >= 15 is 0 Å². The quantitative estimate of drug-likeness (QED) is 0.363. The van der Waals surface area contributed by atoms with Gasteiger partial charge in [0.2, 0.25) is 0 Å². The van der Waals surface area contributed by atoms with Crippen molar-refractivity contribution in [1.82, 2.24) is 9.97 Å². The van der Waals surface area contributed by atoms with Gasteiger partial charge in [0.05, 0.1) is 5.52 Å². The smallest absolute Gasteiger partial charge is 0.150 e. The summed E-state index contributed by atoms with van der Waals surface area (Å²) in [5, 5.41) is 2.17. The van der Waals surface area contributed by atoms with E-state index in [4.69, 9.17) is 10.5 Å². The molecule has 4 heteroatoms. The number of nitrogens with two attached hydrogens (primary N) is 1. The first-order valence-corrected chi connectivity index (χ1v) is 11.1. The summed E-state index contributed by atoms with van der Waals surface area (Å²) in [7, 11) is 0. The topological polar surface area (TPSA) is 61.0 Å². The molecule has 0 aliphatic heterocycles. The number of aryl methyl sites for hydroxylation is 3. The highest BCUT2D eigenvalue weighted by atomic mass is 16.5. The van der Waals surface area contributed by atoms with Crippen LogP contribution in [-0.2, 0) is 12.8 Å². The number of nitrogen functional groups attached to an aromatic ring is 1. The van der Waals surface area contributed by atoms with Crippen LogP contribution in [0.2, 0.25) is 0 Å². The maximum Gasteiger partial charge on any atom is 0.150 e. The Balaban J connectivity index is 1.52.